The Kier molecular flexibility index (Phi) is 3.92. The zero-order valence-electron chi connectivity index (χ0n) is 13.5. The van der Waals surface area contributed by atoms with E-state index in [9.17, 15) is 20.0 Å². The van der Waals surface area contributed by atoms with E-state index in [-0.39, 0.29) is 34.1 Å². The summed E-state index contributed by atoms with van der Waals surface area (Å²) in [5.74, 6) is -1.25. The summed E-state index contributed by atoms with van der Waals surface area (Å²) in [5.41, 5.74) is 2.26. The summed E-state index contributed by atoms with van der Waals surface area (Å²) in [7, 11) is 0. The van der Waals surface area contributed by atoms with Crippen LogP contribution in [0.5, 0.6) is 0 Å². The van der Waals surface area contributed by atoms with E-state index in [1.54, 1.807) is 12.1 Å². The molecule has 4 rings (SSSR count). The van der Waals surface area contributed by atoms with Gasteiger partial charge in [-0.1, -0.05) is 48.0 Å². The molecule has 0 bridgehead atoms. The number of carbonyl (C=O) groups excluding carboxylic acids is 1. The van der Waals surface area contributed by atoms with Gasteiger partial charge >= 0.3 is 0 Å². The van der Waals surface area contributed by atoms with Crippen LogP contribution in [-0.4, -0.2) is 10.9 Å². The molecule has 2 aromatic rings. The lowest BCUT2D eigenvalue weighted by atomic mass is 9.76. The average Bonchev–Trinajstić information content (AvgIpc) is 3.11. The Balaban J connectivity index is 1.81. The van der Waals surface area contributed by atoms with Crippen molar-refractivity contribution in [1.29, 1.82) is 0 Å². The molecule has 0 aromatic heterocycles. The van der Waals surface area contributed by atoms with Gasteiger partial charge < -0.3 is 15.2 Å². The van der Waals surface area contributed by atoms with E-state index in [1.165, 1.54) is 24.3 Å². The Morgan fingerprint density at radius 3 is 2.58 bits per heavy atom. The molecule has 0 saturated heterocycles. The maximum absolute atomic E-state index is 11.5. The highest BCUT2D eigenvalue weighted by Gasteiger charge is 2.42. The van der Waals surface area contributed by atoms with Crippen LogP contribution in [0.3, 0.4) is 0 Å². The predicted octanol–water partition coefficient (Wildman–Crippen LogP) is 3.44. The SMILES string of the molecule is O=C([O-])c1ccc([C@H]2Nc3c(Cl)ccc([N+](=O)[O-])c3[C@H]3C=CC[C@H]32)cc1. The Bertz CT molecular complexity index is 939. The largest absolute Gasteiger partial charge is 0.545 e. The average molecular weight is 370 g/mol. The molecule has 0 radical (unpaired) electrons. The highest BCUT2D eigenvalue weighted by atomic mass is 35.5. The highest BCUT2D eigenvalue weighted by molar-refractivity contribution is 6.33. The van der Waals surface area contributed by atoms with Crippen LogP contribution >= 0.6 is 11.6 Å². The van der Waals surface area contributed by atoms with Gasteiger partial charge in [0.25, 0.3) is 5.69 Å². The van der Waals surface area contributed by atoms with Gasteiger partial charge in [0, 0.05) is 12.0 Å². The minimum absolute atomic E-state index is 0.0594. The van der Waals surface area contributed by atoms with Crippen molar-refractivity contribution in [3.63, 3.8) is 0 Å². The minimum atomic E-state index is -1.22. The summed E-state index contributed by atoms with van der Waals surface area (Å²) in [6.07, 6.45) is 4.79. The van der Waals surface area contributed by atoms with Crippen LogP contribution in [0.1, 0.15) is 39.9 Å². The second-order valence-corrected chi connectivity index (χ2v) is 6.90. The molecule has 1 aliphatic carbocycles. The zero-order chi connectivity index (χ0) is 18.4. The molecule has 3 atom stereocenters. The van der Waals surface area contributed by atoms with Gasteiger partial charge in [-0.05, 0) is 29.5 Å². The van der Waals surface area contributed by atoms with Crippen molar-refractivity contribution in [2.24, 2.45) is 5.92 Å². The van der Waals surface area contributed by atoms with Crippen molar-refractivity contribution >= 4 is 28.9 Å². The molecule has 0 unspecified atom stereocenters. The van der Waals surface area contributed by atoms with Crippen LogP contribution in [0.2, 0.25) is 5.02 Å². The molecule has 2 aromatic carbocycles. The number of fused-ring (bicyclic) bond motifs is 3. The highest BCUT2D eigenvalue weighted by Crippen LogP contribution is 2.54. The fourth-order valence-corrected chi connectivity index (χ4v) is 4.19. The van der Waals surface area contributed by atoms with Crippen molar-refractivity contribution in [3.8, 4) is 0 Å². The van der Waals surface area contributed by atoms with Crippen LogP contribution in [0.25, 0.3) is 0 Å². The van der Waals surface area contributed by atoms with Crippen molar-refractivity contribution in [1.82, 2.24) is 0 Å². The number of rotatable bonds is 3. The Morgan fingerprint density at radius 2 is 1.92 bits per heavy atom. The summed E-state index contributed by atoms with van der Waals surface area (Å²) in [5, 5.41) is 26.2. The van der Waals surface area contributed by atoms with Gasteiger partial charge in [0.2, 0.25) is 0 Å². The Morgan fingerprint density at radius 1 is 1.19 bits per heavy atom. The maximum Gasteiger partial charge on any atom is 0.275 e. The van der Waals surface area contributed by atoms with E-state index in [1.807, 2.05) is 12.2 Å². The maximum atomic E-state index is 11.5. The van der Waals surface area contributed by atoms with Crippen LogP contribution in [0, 0.1) is 16.0 Å². The lowest BCUT2D eigenvalue weighted by molar-refractivity contribution is -0.385. The number of carboxylic acids is 1. The molecule has 0 fully saturated rings. The standard InChI is InChI=1S/C19H15ClN2O4/c20-14-8-9-15(22(25)26)16-12-2-1-3-13(12)17(21-18(14)16)10-4-6-11(7-5-10)19(23)24/h1-2,4-9,12-13,17,21H,3H2,(H,23,24)/p-1/t12-,13+,17+/m0/s1. The molecule has 0 saturated carbocycles. The van der Waals surface area contributed by atoms with Gasteiger partial charge in [-0.25, -0.2) is 0 Å². The molecule has 0 amide bonds. The number of carboxylic acid groups (broad SMARTS) is 1. The van der Waals surface area contributed by atoms with Gasteiger partial charge in [-0.15, -0.1) is 0 Å². The third-order valence-electron chi connectivity index (χ3n) is 5.15. The number of hydrogen-bond donors (Lipinski definition) is 1. The van der Waals surface area contributed by atoms with Crippen LogP contribution in [0.4, 0.5) is 11.4 Å². The van der Waals surface area contributed by atoms with Crippen LogP contribution in [-0.2, 0) is 0 Å². The van der Waals surface area contributed by atoms with E-state index in [0.717, 1.165) is 12.0 Å². The first-order valence-electron chi connectivity index (χ1n) is 8.18. The minimum Gasteiger partial charge on any atom is -0.545 e. The van der Waals surface area contributed by atoms with E-state index >= 15 is 0 Å². The smallest absolute Gasteiger partial charge is 0.275 e. The van der Waals surface area contributed by atoms with E-state index < -0.39 is 5.97 Å². The third kappa shape index (κ3) is 2.54. The second kappa shape index (κ2) is 6.14. The summed E-state index contributed by atoms with van der Waals surface area (Å²) >= 11 is 6.33. The molecule has 7 heteroatoms. The van der Waals surface area contributed by atoms with Crippen molar-refractivity contribution in [2.45, 2.75) is 18.4 Å². The lowest BCUT2D eigenvalue weighted by Crippen LogP contribution is -2.30. The molecule has 2 aliphatic rings. The zero-order valence-corrected chi connectivity index (χ0v) is 14.3. The second-order valence-electron chi connectivity index (χ2n) is 6.50. The fourth-order valence-electron chi connectivity index (χ4n) is 3.97. The van der Waals surface area contributed by atoms with Gasteiger partial charge in [0.05, 0.1) is 33.2 Å². The first-order chi connectivity index (χ1) is 12.5. The number of nitrogens with zero attached hydrogens (tertiary/aromatic N) is 1. The predicted molar refractivity (Wildman–Crippen MR) is 95.2 cm³/mol. The molecule has 0 spiro atoms. The number of halogens is 1. The Hall–Kier alpha value is -2.86. The van der Waals surface area contributed by atoms with Crippen LogP contribution < -0.4 is 10.4 Å². The van der Waals surface area contributed by atoms with Crippen molar-refractivity contribution in [3.05, 3.63) is 80.4 Å². The number of anilines is 1. The molecule has 6 nitrogen and oxygen atoms in total. The van der Waals surface area contributed by atoms with E-state index in [4.69, 9.17) is 11.6 Å². The topological polar surface area (TPSA) is 95.3 Å². The van der Waals surface area contributed by atoms with Gasteiger partial charge in [0.1, 0.15) is 0 Å². The molecule has 1 heterocycles. The van der Waals surface area contributed by atoms with Crippen molar-refractivity contribution < 1.29 is 14.8 Å². The van der Waals surface area contributed by atoms with Crippen LogP contribution in [0.15, 0.2) is 48.6 Å². The lowest BCUT2D eigenvalue weighted by Gasteiger charge is -2.37. The summed E-state index contributed by atoms with van der Waals surface area (Å²) in [6.45, 7) is 0. The first kappa shape index (κ1) is 16.6. The molecule has 132 valence electrons. The molecule has 26 heavy (non-hydrogen) atoms. The summed E-state index contributed by atoms with van der Waals surface area (Å²) in [6, 6.07) is 9.35. The number of allylic oxidation sites excluding steroid dienone is 2. The van der Waals surface area contributed by atoms with Gasteiger partial charge in [0.15, 0.2) is 0 Å². The van der Waals surface area contributed by atoms with Crippen molar-refractivity contribution in [2.75, 3.05) is 5.32 Å². The number of hydrogen-bond acceptors (Lipinski definition) is 5. The number of nitrogens with one attached hydrogen (secondary N) is 1. The number of benzene rings is 2. The summed E-state index contributed by atoms with van der Waals surface area (Å²) in [4.78, 5) is 22.1. The number of nitro groups is 1. The Labute approximate surface area is 154 Å². The monoisotopic (exact) mass is 369 g/mol. The quantitative estimate of drug-likeness (QED) is 0.508. The number of aromatic carboxylic acids is 1. The summed E-state index contributed by atoms with van der Waals surface area (Å²) < 4.78 is 0. The van der Waals surface area contributed by atoms with Gasteiger partial charge in [-0.2, -0.15) is 0 Å². The molecular formula is C19H14ClN2O4-. The molecular weight excluding hydrogens is 356 g/mol. The normalized spacial score (nSPS) is 23.0. The first-order valence-corrected chi connectivity index (χ1v) is 8.56. The molecule has 1 aliphatic heterocycles. The van der Waals surface area contributed by atoms with Gasteiger partial charge in [-0.3, -0.25) is 10.1 Å². The molecule has 1 N–H and O–H groups in total. The van der Waals surface area contributed by atoms with E-state index in [2.05, 4.69) is 5.32 Å². The van der Waals surface area contributed by atoms with E-state index in [0.29, 0.717) is 16.3 Å². The fraction of sp³-hybridized carbons (Fsp3) is 0.211. The number of carbonyl (C=O) groups is 1. The third-order valence-corrected chi connectivity index (χ3v) is 5.46. The number of nitro benzene ring substituents is 1.